The number of nitrogens with one attached hydrogen (secondary N) is 1. The molecule has 0 aromatic heterocycles. The first-order valence-electron chi connectivity index (χ1n) is 5.87. The average Bonchev–Trinajstić information content (AvgIpc) is 2.43. The van der Waals surface area contributed by atoms with E-state index in [0.29, 0.717) is 6.54 Å². The zero-order chi connectivity index (χ0) is 14.1. The molecule has 1 aromatic carbocycles. The van der Waals surface area contributed by atoms with Crippen LogP contribution in [-0.4, -0.2) is 26.6 Å². The van der Waals surface area contributed by atoms with Gasteiger partial charge in [0, 0.05) is 18.4 Å². The third-order valence-electron chi connectivity index (χ3n) is 2.39. The second-order valence-electron chi connectivity index (χ2n) is 3.90. The van der Waals surface area contributed by atoms with Gasteiger partial charge in [0.2, 0.25) is 5.91 Å². The standard InChI is InChI=1S/C14H17NO3S/c1-2-19(17,18)12-10-14(16)15-11-6-9-13-7-4-3-5-8-13/h2-9H,1,10-12H2,(H,15,16). The third-order valence-corrected chi connectivity index (χ3v) is 3.68. The first-order chi connectivity index (χ1) is 9.03. The number of rotatable bonds is 7. The minimum Gasteiger partial charge on any atom is -0.353 e. The Morgan fingerprint density at radius 1 is 1.26 bits per heavy atom. The molecule has 0 aliphatic carbocycles. The molecule has 19 heavy (non-hydrogen) atoms. The van der Waals surface area contributed by atoms with Crippen LogP contribution in [-0.2, 0) is 14.6 Å². The molecule has 0 aliphatic rings. The summed E-state index contributed by atoms with van der Waals surface area (Å²) in [4.78, 5) is 11.4. The summed E-state index contributed by atoms with van der Waals surface area (Å²) in [5.41, 5.74) is 1.05. The first kappa shape index (κ1) is 15.2. The Balaban J connectivity index is 2.28. The first-order valence-corrected chi connectivity index (χ1v) is 7.58. The number of benzene rings is 1. The molecular formula is C14H17NO3S. The van der Waals surface area contributed by atoms with E-state index in [1.807, 2.05) is 42.5 Å². The zero-order valence-corrected chi connectivity index (χ0v) is 11.4. The van der Waals surface area contributed by atoms with Gasteiger partial charge in [-0.3, -0.25) is 4.79 Å². The predicted octanol–water partition coefficient (Wildman–Crippen LogP) is 1.76. The van der Waals surface area contributed by atoms with E-state index in [-0.39, 0.29) is 18.1 Å². The van der Waals surface area contributed by atoms with Crippen LogP contribution in [0, 0.1) is 0 Å². The number of carbonyl (C=O) groups excluding carboxylic acids is 1. The van der Waals surface area contributed by atoms with Crippen LogP contribution in [0.15, 0.2) is 48.4 Å². The Hall–Kier alpha value is -1.88. The molecule has 1 amide bonds. The molecular weight excluding hydrogens is 262 g/mol. The van der Waals surface area contributed by atoms with Crippen molar-refractivity contribution in [2.45, 2.75) is 6.42 Å². The third kappa shape index (κ3) is 6.57. The van der Waals surface area contributed by atoms with Gasteiger partial charge in [-0.1, -0.05) is 49.1 Å². The van der Waals surface area contributed by atoms with Crippen molar-refractivity contribution < 1.29 is 13.2 Å². The zero-order valence-electron chi connectivity index (χ0n) is 10.6. The fraction of sp³-hybridized carbons (Fsp3) is 0.214. The van der Waals surface area contributed by atoms with Crippen molar-refractivity contribution in [3.8, 4) is 0 Å². The van der Waals surface area contributed by atoms with Crippen molar-refractivity contribution in [3.05, 3.63) is 54.0 Å². The molecule has 0 aliphatic heterocycles. The number of amides is 1. The number of hydrogen-bond acceptors (Lipinski definition) is 3. The Morgan fingerprint density at radius 3 is 2.58 bits per heavy atom. The summed E-state index contributed by atoms with van der Waals surface area (Å²) in [7, 11) is -3.30. The summed E-state index contributed by atoms with van der Waals surface area (Å²) < 4.78 is 22.2. The van der Waals surface area contributed by atoms with Crippen molar-refractivity contribution in [1.82, 2.24) is 5.32 Å². The quantitative estimate of drug-likeness (QED) is 0.827. The van der Waals surface area contributed by atoms with Crippen molar-refractivity contribution >= 4 is 21.8 Å². The fourth-order valence-corrected chi connectivity index (χ4v) is 1.98. The molecule has 0 spiro atoms. The molecule has 4 nitrogen and oxygen atoms in total. The minimum atomic E-state index is -3.30. The van der Waals surface area contributed by atoms with Crippen LogP contribution in [0.2, 0.25) is 0 Å². The van der Waals surface area contributed by atoms with E-state index in [9.17, 15) is 13.2 Å². The summed E-state index contributed by atoms with van der Waals surface area (Å²) in [5, 5.41) is 3.50. The molecule has 102 valence electrons. The van der Waals surface area contributed by atoms with Gasteiger partial charge in [-0.15, -0.1) is 0 Å². The topological polar surface area (TPSA) is 63.2 Å². The van der Waals surface area contributed by atoms with Crippen LogP contribution in [0.5, 0.6) is 0 Å². The lowest BCUT2D eigenvalue weighted by Gasteiger charge is -2.01. The summed E-state index contributed by atoms with van der Waals surface area (Å²) in [5.74, 6) is -0.492. The van der Waals surface area contributed by atoms with Gasteiger partial charge in [-0.05, 0) is 5.56 Å². The van der Waals surface area contributed by atoms with E-state index >= 15 is 0 Å². The second-order valence-corrected chi connectivity index (χ2v) is 5.97. The van der Waals surface area contributed by atoms with Crippen LogP contribution in [0.1, 0.15) is 12.0 Å². The van der Waals surface area contributed by atoms with Gasteiger partial charge in [-0.2, -0.15) is 0 Å². The summed E-state index contributed by atoms with van der Waals surface area (Å²) in [6.45, 7) is 3.57. The van der Waals surface area contributed by atoms with E-state index in [1.165, 1.54) is 0 Å². The van der Waals surface area contributed by atoms with Crippen LogP contribution in [0.25, 0.3) is 6.08 Å². The lowest BCUT2D eigenvalue weighted by Crippen LogP contribution is -2.25. The van der Waals surface area contributed by atoms with Gasteiger partial charge in [0.1, 0.15) is 0 Å². The normalized spacial score (nSPS) is 11.4. The smallest absolute Gasteiger partial charge is 0.221 e. The molecule has 0 bridgehead atoms. The maximum absolute atomic E-state index is 11.4. The maximum atomic E-state index is 11.4. The highest BCUT2D eigenvalue weighted by atomic mass is 32.2. The van der Waals surface area contributed by atoms with E-state index in [4.69, 9.17) is 0 Å². The summed E-state index contributed by atoms with van der Waals surface area (Å²) in [6.07, 6.45) is 3.66. The lowest BCUT2D eigenvalue weighted by molar-refractivity contribution is -0.120. The molecule has 1 rings (SSSR count). The molecule has 1 N–H and O–H groups in total. The Bertz CT molecular complexity index is 547. The summed E-state index contributed by atoms with van der Waals surface area (Å²) >= 11 is 0. The Labute approximate surface area is 113 Å². The monoisotopic (exact) mass is 279 g/mol. The molecule has 0 heterocycles. The van der Waals surface area contributed by atoms with Gasteiger partial charge >= 0.3 is 0 Å². The molecule has 1 aromatic rings. The van der Waals surface area contributed by atoms with Crippen molar-refractivity contribution in [1.29, 1.82) is 0 Å². The lowest BCUT2D eigenvalue weighted by atomic mass is 10.2. The fourth-order valence-electron chi connectivity index (χ4n) is 1.34. The van der Waals surface area contributed by atoms with Gasteiger partial charge in [0.25, 0.3) is 0 Å². The van der Waals surface area contributed by atoms with Crippen molar-refractivity contribution in [2.75, 3.05) is 12.3 Å². The van der Waals surface area contributed by atoms with Gasteiger partial charge in [-0.25, -0.2) is 8.42 Å². The van der Waals surface area contributed by atoms with Gasteiger partial charge in [0.05, 0.1) is 5.75 Å². The van der Waals surface area contributed by atoms with E-state index in [1.54, 1.807) is 0 Å². The average molecular weight is 279 g/mol. The number of carbonyl (C=O) groups is 1. The molecule has 0 saturated heterocycles. The molecule has 0 fully saturated rings. The SMILES string of the molecule is C=CS(=O)(=O)CCC(=O)NCC=Cc1ccccc1. The van der Waals surface area contributed by atoms with E-state index < -0.39 is 9.84 Å². The highest BCUT2D eigenvalue weighted by molar-refractivity contribution is 7.94. The van der Waals surface area contributed by atoms with Crippen LogP contribution < -0.4 is 5.32 Å². The predicted molar refractivity (Wildman–Crippen MR) is 77.1 cm³/mol. The Morgan fingerprint density at radius 2 is 1.95 bits per heavy atom. The summed E-state index contributed by atoms with van der Waals surface area (Å²) in [6, 6.07) is 9.69. The van der Waals surface area contributed by atoms with Gasteiger partial charge in [0.15, 0.2) is 9.84 Å². The second kappa shape index (κ2) is 7.53. The number of sulfone groups is 1. The molecule has 0 atom stereocenters. The molecule has 0 radical (unpaired) electrons. The van der Waals surface area contributed by atoms with Gasteiger partial charge < -0.3 is 5.32 Å². The Kier molecular flexibility index (Phi) is 6.02. The van der Waals surface area contributed by atoms with Crippen LogP contribution in [0.4, 0.5) is 0 Å². The minimum absolute atomic E-state index is 0.0481. The van der Waals surface area contributed by atoms with Crippen molar-refractivity contribution in [3.63, 3.8) is 0 Å². The molecule has 0 unspecified atom stereocenters. The highest BCUT2D eigenvalue weighted by Gasteiger charge is 2.08. The van der Waals surface area contributed by atoms with Crippen LogP contribution >= 0.6 is 0 Å². The molecule has 5 heteroatoms. The van der Waals surface area contributed by atoms with E-state index in [2.05, 4.69) is 11.9 Å². The molecule has 0 saturated carbocycles. The largest absolute Gasteiger partial charge is 0.353 e. The number of hydrogen-bond donors (Lipinski definition) is 1. The van der Waals surface area contributed by atoms with E-state index in [0.717, 1.165) is 11.0 Å². The van der Waals surface area contributed by atoms with Crippen molar-refractivity contribution in [2.24, 2.45) is 0 Å². The highest BCUT2D eigenvalue weighted by Crippen LogP contribution is 2.00. The van der Waals surface area contributed by atoms with Crippen LogP contribution in [0.3, 0.4) is 0 Å². The maximum Gasteiger partial charge on any atom is 0.221 e.